The van der Waals surface area contributed by atoms with Gasteiger partial charge in [-0.05, 0) is 25.1 Å². The zero-order chi connectivity index (χ0) is 14.5. The normalized spacial score (nSPS) is 10.3. The van der Waals surface area contributed by atoms with Gasteiger partial charge in [0.05, 0.1) is 12.2 Å². The summed E-state index contributed by atoms with van der Waals surface area (Å²) in [5.41, 5.74) is -1.14. The standard InChI is InChI=1S/C13H9F3O3/c1-2-19-12(18)6-4-9-3-5-11(13(14,15)16)7-10(9)8-17/h3,5,7-8H,2H2,1H3. The van der Waals surface area contributed by atoms with E-state index >= 15 is 0 Å². The van der Waals surface area contributed by atoms with Gasteiger partial charge >= 0.3 is 12.1 Å². The van der Waals surface area contributed by atoms with Gasteiger partial charge < -0.3 is 4.74 Å². The topological polar surface area (TPSA) is 43.4 Å². The lowest BCUT2D eigenvalue weighted by Gasteiger charge is -2.07. The third-order valence-corrected chi connectivity index (χ3v) is 2.08. The Morgan fingerprint density at radius 1 is 1.42 bits per heavy atom. The molecule has 1 aromatic carbocycles. The third kappa shape index (κ3) is 4.14. The Balaban J connectivity index is 3.10. The van der Waals surface area contributed by atoms with E-state index < -0.39 is 17.7 Å². The molecule has 1 rings (SSSR count). The van der Waals surface area contributed by atoms with Crippen molar-refractivity contribution in [3.63, 3.8) is 0 Å². The van der Waals surface area contributed by atoms with Crippen LogP contribution in [0.1, 0.15) is 28.4 Å². The van der Waals surface area contributed by atoms with E-state index in [0.717, 1.165) is 12.1 Å². The predicted molar refractivity (Wildman–Crippen MR) is 60.3 cm³/mol. The van der Waals surface area contributed by atoms with Gasteiger partial charge in [-0.15, -0.1) is 0 Å². The lowest BCUT2D eigenvalue weighted by molar-refractivity contribution is -0.138. The minimum Gasteiger partial charge on any atom is -0.456 e. The zero-order valence-corrected chi connectivity index (χ0v) is 9.88. The van der Waals surface area contributed by atoms with E-state index in [1.807, 2.05) is 0 Å². The number of halogens is 3. The van der Waals surface area contributed by atoms with Crippen LogP contribution in [0.5, 0.6) is 0 Å². The van der Waals surface area contributed by atoms with Gasteiger partial charge in [-0.25, -0.2) is 4.79 Å². The predicted octanol–water partition coefficient (Wildman–Crippen LogP) is 2.43. The van der Waals surface area contributed by atoms with Crippen molar-refractivity contribution < 1.29 is 27.5 Å². The van der Waals surface area contributed by atoms with Crippen molar-refractivity contribution in [3.05, 3.63) is 34.9 Å². The van der Waals surface area contributed by atoms with Crippen LogP contribution in [0.4, 0.5) is 13.2 Å². The zero-order valence-electron chi connectivity index (χ0n) is 9.88. The number of hydrogen-bond acceptors (Lipinski definition) is 3. The molecule has 0 atom stereocenters. The van der Waals surface area contributed by atoms with Gasteiger partial charge in [0, 0.05) is 17.0 Å². The summed E-state index contributed by atoms with van der Waals surface area (Å²) in [7, 11) is 0. The maximum Gasteiger partial charge on any atom is 0.416 e. The highest BCUT2D eigenvalue weighted by atomic mass is 19.4. The molecule has 0 unspecified atom stereocenters. The second-order valence-corrected chi connectivity index (χ2v) is 3.39. The lowest BCUT2D eigenvalue weighted by atomic mass is 10.0. The Bertz CT molecular complexity index is 550. The number of esters is 1. The number of rotatable bonds is 2. The molecule has 0 aliphatic carbocycles. The molecule has 0 aliphatic heterocycles. The fourth-order valence-electron chi connectivity index (χ4n) is 1.24. The fraction of sp³-hybridized carbons (Fsp3) is 0.231. The van der Waals surface area contributed by atoms with E-state index in [-0.39, 0.29) is 24.0 Å². The first-order valence-electron chi connectivity index (χ1n) is 5.23. The number of hydrogen-bond donors (Lipinski definition) is 0. The molecule has 0 radical (unpaired) electrons. The summed E-state index contributed by atoms with van der Waals surface area (Å²) in [5, 5.41) is 0. The summed E-state index contributed by atoms with van der Waals surface area (Å²) in [6, 6.07) is 2.52. The van der Waals surface area contributed by atoms with Crippen LogP contribution < -0.4 is 0 Å². The van der Waals surface area contributed by atoms with Crippen molar-refractivity contribution in [2.75, 3.05) is 6.61 Å². The number of carbonyl (C=O) groups excluding carboxylic acids is 2. The highest BCUT2D eigenvalue weighted by molar-refractivity contribution is 5.90. The molecule has 0 amide bonds. The SMILES string of the molecule is CCOC(=O)C#Cc1ccc(C(F)(F)F)cc1C=O. The Kier molecular flexibility index (Phi) is 4.70. The monoisotopic (exact) mass is 270 g/mol. The van der Waals surface area contributed by atoms with Crippen molar-refractivity contribution in [1.82, 2.24) is 0 Å². The minimum atomic E-state index is -4.54. The van der Waals surface area contributed by atoms with E-state index in [1.165, 1.54) is 0 Å². The molecular formula is C13H9F3O3. The smallest absolute Gasteiger partial charge is 0.416 e. The Hall–Kier alpha value is -2.29. The average Bonchev–Trinajstić information content (AvgIpc) is 2.35. The average molecular weight is 270 g/mol. The molecule has 6 heteroatoms. The van der Waals surface area contributed by atoms with Crippen LogP contribution in [0.3, 0.4) is 0 Å². The molecule has 0 saturated heterocycles. The molecule has 0 fully saturated rings. The second kappa shape index (κ2) is 6.05. The Labute approximate surface area is 107 Å². The molecule has 19 heavy (non-hydrogen) atoms. The summed E-state index contributed by atoms with van der Waals surface area (Å²) in [5.74, 6) is 3.58. The van der Waals surface area contributed by atoms with Crippen LogP contribution in [0.15, 0.2) is 18.2 Å². The number of benzene rings is 1. The molecule has 0 aromatic heterocycles. The lowest BCUT2D eigenvalue weighted by Crippen LogP contribution is -2.06. The molecule has 0 bridgehead atoms. The molecule has 0 spiro atoms. The van der Waals surface area contributed by atoms with Crippen LogP contribution in [0.2, 0.25) is 0 Å². The van der Waals surface area contributed by atoms with Gasteiger partial charge in [-0.2, -0.15) is 13.2 Å². The molecule has 0 aliphatic rings. The van der Waals surface area contributed by atoms with Crippen LogP contribution in [0, 0.1) is 11.8 Å². The molecular weight excluding hydrogens is 261 g/mol. The van der Waals surface area contributed by atoms with E-state index in [2.05, 4.69) is 16.6 Å². The first-order valence-corrected chi connectivity index (χ1v) is 5.23. The van der Waals surface area contributed by atoms with Crippen LogP contribution in [-0.2, 0) is 15.7 Å². The van der Waals surface area contributed by atoms with Gasteiger partial charge in [-0.1, -0.05) is 5.92 Å². The maximum atomic E-state index is 12.4. The molecule has 1 aromatic rings. The van der Waals surface area contributed by atoms with E-state index in [4.69, 9.17) is 0 Å². The fourth-order valence-corrected chi connectivity index (χ4v) is 1.24. The molecule has 3 nitrogen and oxygen atoms in total. The largest absolute Gasteiger partial charge is 0.456 e. The van der Waals surface area contributed by atoms with Crippen molar-refractivity contribution in [2.45, 2.75) is 13.1 Å². The van der Waals surface area contributed by atoms with E-state index in [1.54, 1.807) is 6.92 Å². The minimum absolute atomic E-state index is 0.0380. The first kappa shape index (κ1) is 14.8. The van der Waals surface area contributed by atoms with Gasteiger partial charge in [0.2, 0.25) is 0 Å². The summed E-state index contributed by atoms with van der Waals surface area (Å²) >= 11 is 0. The number of ether oxygens (including phenoxy) is 1. The van der Waals surface area contributed by atoms with Crippen LogP contribution >= 0.6 is 0 Å². The molecule has 0 saturated carbocycles. The van der Waals surface area contributed by atoms with Crippen molar-refractivity contribution in [3.8, 4) is 11.8 Å². The highest BCUT2D eigenvalue weighted by Crippen LogP contribution is 2.30. The highest BCUT2D eigenvalue weighted by Gasteiger charge is 2.30. The van der Waals surface area contributed by atoms with Gasteiger partial charge in [-0.3, -0.25) is 4.79 Å². The van der Waals surface area contributed by atoms with E-state index in [9.17, 15) is 22.8 Å². The number of alkyl halides is 3. The summed E-state index contributed by atoms with van der Waals surface area (Å²) < 4.78 is 41.8. The van der Waals surface area contributed by atoms with Crippen LogP contribution in [0.25, 0.3) is 0 Å². The maximum absolute atomic E-state index is 12.4. The van der Waals surface area contributed by atoms with Gasteiger partial charge in [0.15, 0.2) is 6.29 Å². The number of aldehydes is 1. The van der Waals surface area contributed by atoms with Gasteiger partial charge in [0.1, 0.15) is 0 Å². The van der Waals surface area contributed by atoms with Crippen molar-refractivity contribution in [2.24, 2.45) is 0 Å². The summed E-state index contributed by atoms with van der Waals surface area (Å²) in [6.07, 6.45) is -4.28. The first-order chi connectivity index (χ1) is 8.88. The summed E-state index contributed by atoms with van der Waals surface area (Å²) in [6.45, 7) is 1.73. The molecule has 100 valence electrons. The third-order valence-electron chi connectivity index (χ3n) is 2.08. The van der Waals surface area contributed by atoms with Crippen molar-refractivity contribution in [1.29, 1.82) is 0 Å². The van der Waals surface area contributed by atoms with Crippen LogP contribution in [-0.4, -0.2) is 18.9 Å². The van der Waals surface area contributed by atoms with E-state index in [0.29, 0.717) is 6.07 Å². The van der Waals surface area contributed by atoms with Gasteiger partial charge in [0.25, 0.3) is 0 Å². The quantitative estimate of drug-likeness (QED) is 0.471. The Morgan fingerprint density at radius 2 is 2.11 bits per heavy atom. The second-order valence-electron chi connectivity index (χ2n) is 3.39. The summed E-state index contributed by atoms with van der Waals surface area (Å²) in [4.78, 5) is 21.7. The Morgan fingerprint density at radius 3 is 2.63 bits per heavy atom. The molecule has 0 heterocycles. The number of carbonyl (C=O) groups is 2. The van der Waals surface area contributed by atoms with Crippen molar-refractivity contribution >= 4 is 12.3 Å². The molecule has 0 N–H and O–H groups in total.